The molecule has 8 bridgehead atoms. The first-order valence-corrected chi connectivity index (χ1v) is 39.5. The number of fused-ring (bicyclic) bond motifs is 22. The number of esters is 2. The summed E-state index contributed by atoms with van der Waals surface area (Å²) in [5, 5.41) is 90.8. The van der Waals surface area contributed by atoms with E-state index < -0.39 is 70.6 Å². The van der Waals surface area contributed by atoms with Crippen molar-refractivity contribution in [2.45, 2.75) is 169 Å². The maximum atomic E-state index is 14.9. The van der Waals surface area contributed by atoms with Crippen LogP contribution in [-0.2, 0) is 78.2 Å². The molecule has 14 aliphatic rings. The van der Waals surface area contributed by atoms with E-state index in [4.69, 9.17) is 62.1 Å². The number of thioether (sulfide) groups is 2. The second-order valence-electron chi connectivity index (χ2n) is 31.2. The molecule has 0 aliphatic carbocycles. The molecule has 16 heterocycles. The van der Waals surface area contributed by atoms with Crippen molar-refractivity contribution in [2.75, 3.05) is 79.8 Å². The number of likely N-dealkylation sites (N-methyl/N-ethyl adjacent to an activating group) is 2. The zero-order valence-corrected chi connectivity index (χ0v) is 66.2. The molecule has 8 aromatic rings. The maximum absolute atomic E-state index is 14.9. The van der Waals surface area contributed by atoms with Crippen molar-refractivity contribution in [3.05, 3.63) is 171 Å². The summed E-state index contributed by atoms with van der Waals surface area (Å²) >= 11 is 3.21. The van der Waals surface area contributed by atoms with Crippen molar-refractivity contribution in [1.82, 2.24) is 30.2 Å². The van der Waals surface area contributed by atoms with Crippen molar-refractivity contribution < 1.29 is 115 Å². The van der Waals surface area contributed by atoms with E-state index in [1.807, 2.05) is 83.3 Å². The molecular weight excluding hydrogens is 1590 g/mol. The van der Waals surface area contributed by atoms with Gasteiger partial charge in [-0.3, -0.25) is 30.2 Å². The Morgan fingerprint density at radius 3 is 1.45 bits per heavy atom. The molecule has 8 N–H and O–H groups in total. The number of nitriles is 1. The molecule has 28 nitrogen and oxygen atoms in total. The molecule has 1 radical (unpaired) electrons. The number of methoxy groups -OCH3 is 2. The topological polar surface area (TPSA) is 360 Å². The van der Waals surface area contributed by atoms with Crippen LogP contribution < -0.4 is 39.1 Å². The van der Waals surface area contributed by atoms with E-state index in [0.717, 1.165) is 99.8 Å². The average Bonchev–Trinajstić information content (AvgIpc) is 1.23. The number of para-hydroxylation sites is 2. The molecule has 601 valence electrons. The molecule has 6 aromatic carbocycles. The molecule has 0 amide bonds. The number of phenols is 2. The van der Waals surface area contributed by atoms with E-state index in [2.05, 4.69) is 69.3 Å². The molecule has 2 spiro atoms. The third kappa shape index (κ3) is 11.3. The van der Waals surface area contributed by atoms with Gasteiger partial charge in [-0.1, -0.05) is 56.0 Å². The first-order chi connectivity index (χ1) is 53.4. The fraction of sp³-hybridized carbons (Fsp3) is 0.476. The summed E-state index contributed by atoms with van der Waals surface area (Å²) in [6, 6.07) is 17.8. The van der Waals surface area contributed by atoms with Crippen LogP contribution in [0.2, 0.25) is 0 Å². The fourth-order valence-electron chi connectivity index (χ4n) is 21.2. The van der Waals surface area contributed by atoms with Gasteiger partial charge < -0.3 is 77.5 Å². The van der Waals surface area contributed by atoms with E-state index in [1.165, 1.54) is 0 Å². The number of carbonyl (C=O) groups excluding carboxylic acids is 2. The number of hydrogen-bond donors (Lipinski definition) is 8. The Balaban J connectivity index is 0.000000160. The van der Waals surface area contributed by atoms with Crippen LogP contribution in [-0.4, -0.2) is 196 Å². The second kappa shape index (κ2) is 29.0. The molecule has 2 aromatic heterocycles. The Morgan fingerprint density at radius 1 is 0.611 bits per heavy atom. The van der Waals surface area contributed by atoms with Crippen LogP contribution in [0, 0.1) is 63.0 Å². The van der Waals surface area contributed by atoms with Gasteiger partial charge in [0.25, 0.3) is 5.09 Å². The normalized spacial score (nSPS) is 29.8. The van der Waals surface area contributed by atoms with Crippen LogP contribution >= 0.6 is 23.5 Å². The van der Waals surface area contributed by atoms with Crippen LogP contribution in [0.4, 0.5) is 0 Å². The van der Waals surface area contributed by atoms with Crippen LogP contribution in [0.15, 0.2) is 69.5 Å². The summed E-state index contributed by atoms with van der Waals surface area (Å²) in [6.45, 7) is 11.8. The van der Waals surface area contributed by atoms with E-state index in [0.29, 0.717) is 82.9 Å². The Hall–Kier alpha value is -8.49. The summed E-state index contributed by atoms with van der Waals surface area (Å²) in [4.78, 5) is 46.9. The number of phenolic OH excluding ortho intramolecular Hbond substituents is 2. The third-order valence-corrected chi connectivity index (χ3v) is 29.0. The molecule has 14 aliphatic heterocycles. The van der Waals surface area contributed by atoms with Gasteiger partial charge in [0, 0.05) is 119 Å². The van der Waals surface area contributed by atoms with Crippen molar-refractivity contribution >= 4 is 57.4 Å². The van der Waals surface area contributed by atoms with Crippen molar-refractivity contribution in [1.29, 1.82) is 5.26 Å². The fourth-order valence-corrected chi connectivity index (χ4v) is 24.6. The van der Waals surface area contributed by atoms with Gasteiger partial charge in [-0.2, -0.15) is 5.26 Å². The monoisotopic (exact) mass is 1680 g/mol. The number of aromatic hydroxyl groups is 2. The van der Waals surface area contributed by atoms with Gasteiger partial charge in [0.1, 0.15) is 48.2 Å². The van der Waals surface area contributed by atoms with Gasteiger partial charge >= 0.3 is 11.9 Å². The van der Waals surface area contributed by atoms with Crippen LogP contribution in [0.25, 0.3) is 21.9 Å². The van der Waals surface area contributed by atoms with Crippen LogP contribution in [0.5, 0.6) is 46.0 Å². The van der Waals surface area contributed by atoms with Gasteiger partial charge in [-0.25, -0.2) is 9.59 Å². The number of rotatable bonds is 4. The van der Waals surface area contributed by atoms with Gasteiger partial charge in [0.2, 0.25) is 13.6 Å². The SMILES string of the molecule is C.COc1c(C)cc2c(c1O)[C@@H]1[C@@H]3[C@@H]4SC[C@]5(N[C@H](CO)Cc6c5oc5ccccc65)C(=O)OC[C@@H](c5c6c(c(C)c(C)c54)OCO6)N3[C@@H](C#N)[C@H](C2)N1C.COc1c(C)cc2c(c1O)[C@@H]1[C@@H]3[C@@H]4SC[C@]5(N[C@H](CO)Cc6c5oc5ccccc65)C(=O)OC[C@@H](c5c6c(c(C)c(C)c54)OCO6)N3[C@@H](O)[C@H](C2)N1C.O=[N+]([O-])O.[Ag]. The molecule has 113 heavy (non-hydrogen) atoms. The van der Waals surface area contributed by atoms with Gasteiger partial charge in [-0.05, 0) is 149 Å². The predicted molar refractivity (Wildman–Crippen MR) is 410 cm³/mol. The summed E-state index contributed by atoms with van der Waals surface area (Å²) in [6.07, 6.45) is 1.10. The minimum Gasteiger partial charge on any atom is -0.504 e. The maximum Gasteiger partial charge on any atom is 0.335 e. The number of aryl methyl sites for hydroxylation is 2. The minimum atomic E-state index is -1.50. The van der Waals surface area contributed by atoms with Gasteiger partial charge in [0.05, 0.1) is 63.7 Å². The first kappa shape index (κ1) is 78.4. The number of nitrogens with one attached hydrogen (secondary N) is 2. The molecule has 22 rings (SSSR count). The standard InChI is InChI=1S/C41H42N4O8S.C40H43N3O9S.CH4.Ag.HNO3/c1-18-10-21-11-25-26(13-42)45-27-15-50-40(48)41(39-24(12-22(14-46)43-41)23-8-6-7-9-28(23)53-39)16-54-38(29-19(2)20(3)36-37(31(27)29)52-17-51-36)33(45)32(44(25)4)30(21)34(47)35(18)49-5;1-17-10-20-11-24-38(46)43-25-14-49-39(47)40(37-23(12-21(13-44)41-40)22-8-6-7-9-26(22)52-37)15-53-36(27-18(2)19(3)34-35(29(25)27)51-16-50-34)31(43)30(42(24)4)28(20)32(45)33(17)48-5;;;2-1(3)4/h6-10,22,25-27,32-33,38,43,46-47H,11-12,14-17H2,1-5H3;6-10,21,24-25,30-31,36,38,41,44-46H,11-16H2,1-5H3;1H4;;(H,2,3,4)/t22-,25-,26-,27-,32+,33+,38+,41+;21-,24-,25-,30+,31+,36+,38-,40+;;;/m00.../s1. The summed E-state index contributed by atoms with van der Waals surface area (Å²) < 4.78 is 62.3. The quantitative estimate of drug-likeness (QED) is 0.0352. The Kier molecular flexibility index (Phi) is 20.2. The first-order valence-electron chi connectivity index (χ1n) is 37.4. The second-order valence-corrected chi connectivity index (χ2v) is 33.5. The third-order valence-electron chi connectivity index (χ3n) is 26.0. The van der Waals surface area contributed by atoms with E-state index >= 15 is 0 Å². The Morgan fingerprint density at radius 2 is 1.02 bits per heavy atom. The molecule has 4 fully saturated rings. The summed E-state index contributed by atoms with van der Waals surface area (Å²) in [5.41, 5.74) is 13.4. The molecule has 0 unspecified atom stereocenters. The van der Waals surface area contributed by atoms with Crippen molar-refractivity contribution in [2.24, 2.45) is 0 Å². The Labute approximate surface area is 675 Å². The molecule has 31 heteroatoms. The number of benzene rings is 6. The van der Waals surface area contributed by atoms with Gasteiger partial charge in [0.15, 0.2) is 57.1 Å². The number of hydrogen-bond acceptors (Lipinski definition) is 28. The molecular formula is C82H90AgN8O20S2. The number of carbonyl (C=O) groups is 2. The van der Waals surface area contributed by atoms with Crippen molar-refractivity contribution in [3.8, 4) is 52.1 Å². The number of piperazine rings is 2. The van der Waals surface area contributed by atoms with Crippen LogP contribution in [0.1, 0.15) is 143 Å². The molecule has 4 saturated heterocycles. The Bertz CT molecular complexity index is 5300. The van der Waals surface area contributed by atoms with E-state index in [9.17, 15) is 40.4 Å². The smallest absolute Gasteiger partial charge is 0.335 e. The van der Waals surface area contributed by atoms with E-state index in [-0.39, 0.29) is 134 Å². The van der Waals surface area contributed by atoms with Crippen LogP contribution in [0.3, 0.4) is 0 Å². The largest absolute Gasteiger partial charge is 0.504 e. The minimum absolute atomic E-state index is 0. The number of nitrogens with zero attached hydrogens (tertiary/aromatic N) is 6. The zero-order chi connectivity index (χ0) is 77.6. The summed E-state index contributed by atoms with van der Waals surface area (Å²) in [5.74, 6) is 4.13. The summed E-state index contributed by atoms with van der Waals surface area (Å²) in [7, 11) is 7.23. The van der Waals surface area contributed by atoms with Gasteiger partial charge in [-0.15, -0.1) is 33.6 Å². The number of aliphatic hydroxyl groups is 3. The molecule has 0 saturated carbocycles. The van der Waals surface area contributed by atoms with Crippen molar-refractivity contribution in [3.63, 3.8) is 0 Å². The number of furan rings is 2. The zero-order valence-electron chi connectivity index (χ0n) is 63.0. The molecule has 16 atom stereocenters. The predicted octanol–water partition coefficient (Wildman–Crippen LogP) is 9.24. The van der Waals surface area contributed by atoms with E-state index in [1.54, 1.807) is 37.7 Å². The average molecular weight is 1680 g/mol. The number of ether oxygens (including phenoxy) is 8. The number of aliphatic hydroxyl groups excluding tert-OH is 3.